The van der Waals surface area contributed by atoms with Crippen LogP contribution in [0, 0.1) is 17.7 Å². The molecule has 0 aliphatic heterocycles. The summed E-state index contributed by atoms with van der Waals surface area (Å²) in [6.45, 7) is 4.71. The van der Waals surface area contributed by atoms with E-state index >= 15 is 0 Å². The average molecular weight is 220 g/mol. The van der Waals surface area contributed by atoms with Crippen LogP contribution in [0.4, 0.5) is 4.39 Å². The molecule has 0 spiro atoms. The smallest absolute Gasteiger partial charge is 0.141 e. The largest absolute Gasteiger partial charge is 0.310 e. The Labute approximate surface area is 96.3 Å². The van der Waals surface area contributed by atoms with Crippen molar-refractivity contribution in [1.29, 1.82) is 0 Å². The SMILES string of the molecule is CC#CCCC(NCC)c1cncc(F)c1. The van der Waals surface area contributed by atoms with Gasteiger partial charge in [-0.2, -0.15) is 0 Å². The van der Waals surface area contributed by atoms with Crippen LogP contribution in [0.1, 0.15) is 38.3 Å². The lowest BCUT2D eigenvalue weighted by atomic mass is 10.0. The van der Waals surface area contributed by atoms with Crippen molar-refractivity contribution in [3.63, 3.8) is 0 Å². The minimum atomic E-state index is -0.290. The number of aromatic nitrogens is 1. The maximum atomic E-state index is 13.0. The first-order valence-corrected chi connectivity index (χ1v) is 5.51. The molecule has 0 fully saturated rings. The minimum Gasteiger partial charge on any atom is -0.310 e. The molecule has 2 nitrogen and oxygen atoms in total. The zero-order chi connectivity index (χ0) is 11.8. The maximum absolute atomic E-state index is 13.0. The van der Waals surface area contributed by atoms with Gasteiger partial charge in [-0.3, -0.25) is 4.98 Å². The lowest BCUT2D eigenvalue weighted by molar-refractivity contribution is 0.515. The van der Waals surface area contributed by atoms with E-state index in [1.807, 2.05) is 13.8 Å². The molecule has 0 radical (unpaired) electrons. The minimum absolute atomic E-state index is 0.133. The third-order valence-electron chi connectivity index (χ3n) is 2.31. The summed E-state index contributed by atoms with van der Waals surface area (Å²) in [4.78, 5) is 3.86. The lowest BCUT2D eigenvalue weighted by Crippen LogP contribution is -2.21. The van der Waals surface area contributed by atoms with Crippen molar-refractivity contribution < 1.29 is 4.39 Å². The highest BCUT2D eigenvalue weighted by atomic mass is 19.1. The van der Waals surface area contributed by atoms with Crippen LogP contribution in [0.25, 0.3) is 0 Å². The fraction of sp³-hybridized carbons (Fsp3) is 0.462. The van der Waals surface area contributed by atoms with Gasteiger partial charge in [-0.25, -0.2) is 4.39 Å². The van der Waals surface area contributed by atoms with Crippen LogP contribution in [0.5, 0.6) is 0 Å². The van der Waals surface area contributed by atoms with Crippen LogP contribution >= 0.6 is 0 Å². The van der Waals surface area contributed by atoms with Gasteiger partial charge in [0.05, 0.1) is 6.20 Å². The van der Waals surface area contributed by atoms with Crippen molar-refractivity contribution in [2.45, 2.75) is 32.7 Å². The van der Waals surface area contributed by atoms with E-state index in [-0.39, 0.29) is 11.9 Å². The Hall–Kier alpha value is -1.40. The molecule has 1 unspecified atom stereocenters. The summed E-state index contributed by atoms with van der Waals surface area (Å²) in [6, 6.07) is 1.66. The second kappa shape index (κ2) is 6.97. The van der Waals surface area contributed by atoms with Gasteiger partial charge in [0.2, 0.25) is 0 Å². The van der Waals surface area contributed by atoms with E-state index in [4.69, 9.17) is 0 Å². The number of pyridine rings is 1. The summed E-state index contributed by atoms with van der Waals surface area (Å²) in [7, 11) is 0. The molecular weight excluding hydrogens is 203 g/mol. The molecule has 0 bridgehead atoms. The van der Waals surface area contributed by atoms with Gasteiger partial charge in [-0.15, -0.1) is 11.8 Å². The van der Waals surface area contributed by atoms with Crippen LogP contribution in [-0.4, -0.2) is 11.5 Å². The Kier molecular flexibility index (Phi) is 5.52. The van der Waals surface area contributed by atoms with E-state index in [0.29, 0.717) is 0 Å². The van der Waals surface area contributed by atoms with Crippen molar-refractivity contribution >= 4 is 0 Å². The topological polar surface area (TPSA) is 24.9 Å². The van der Waals surface area contributed by atoms with Gasteiger partial charge in [0.25, 0.3) is 0 Å². The van der Waals surface area contributed by atoms with Gasteiger partial charge in [0.1, 0.15) is 5.82 Å². The molecule has 3 heteroatoms. The van der Waals surface area contributed by atoms with E-state index in [0.717, 1.165) is 24.9 Å². The van der Waals surface area contributed by atoms with Crippen molar-refractivity contribution in [3.8, 4) is 11.8 Å². The van der Waals surface area contributed by atoms with Crippen LogP contribution in [0.15, 0.2) is 18.5 Å². The molecule has 0 amide bonds. The Bertz CT molecular complexity index is 379. The normalized spacial score (nSPS) is 11.7. The maximum Gasteiger partial charge on any atom is 0.141 e. The molecule has 1 aromatic rings. The number of hydrogen-bond donors (Lipinski definition) is 1. The van der Waals surface area contributed by atoms with Crippen LogP contribution in [0.2, 0.25) is 0 Å². The second-order valence-corrected chi connectivity index (χ2v) is 3.51. The summed E-state index contributed by atoms with van der Waals surface area (Å²) in [5.41, 5.74) is 0.889. The average Bonchev–Trinajstić information content (AvgIpc) is 2.28. The molecule has 1 heterocycles. The number of halogens is 1. The highest BCUT2D eigenvalue weighted by molar-refractivity contribution is 5.15. The quantitative estimate of drug-likeness (QED) is 0.772. The highest BCUT2D eigenvalue weighted by Gasteiger charge is 2.10. The van der Waals surface area contributed by atoms with Crippen molar-refractivity contribution in [2.75, 3.05) is 6.54 Å². The first-order chi connectivity index (χ1) is 7.77. The Morgan fingerprint density at radius 1 is 1.50 bits per heavy atom. The predicted molar refractivity (Wildman–Crippen MR) is 63.3 cm³/mol. The standard InChI is InChI=1S/C13H17FN2/c1-3-5-6-7-13(16-4-2)11-8-12(14)10-15-9-11/h8-10,13,16H,4,6-7H2,1-2H3. The molecule has 0 aliphatic carbocycles. The number of nitrogens with zero attached hydrogens (tertiary/aromatic N) is 1. The predicted octanol–water partition coefficient (Wildman–Crippen LogP) is 2.67. The number of nitrogens with one attached hydrogen (secondary N) is 1. The molecule has 1 atom stereocenters. The van der Waals surface area contributed by atoms with E-state index in [9.17, 15) is 4.39 Å². The molecule has 86 valence electrons. The van der Waals surface area contributed by atoms with Gasteiger partial charge in [-0.1, -0.05) is 6.92 Å². The third kappa shape index (κ3) is 4.00. The van der Waals surface area contributed by atoms with Crippen molar-refractivity contribution in [3.05, 3.63) is 29.8 Å². The zero-order valence-corrected chi connectivity index (χ0v) is 9.76. The van der Waals surface area contributed by atoms with Crippen molar-refractivity contribution in [2.24, 2.45) is 0 Å². The molecular formula is C13H17FN2. The molecule has 0 aliphatic rings. The molecule has 0 saturated heterocycles. The summed E-state index contributed by atoms with van der Waals surface area (Å²) in [5.74, 6) is 5.59. The highest BCUT2D eigenvalue weighted by Crippen LogP contribution is 2.17. The number of rotatable bonds is 5. The fourth-order valence-electron chi connectivity index (χ4n) is 1.59. The Balaban J connectivity index is 2.70. The Morgan fingerprint density at radius 3 is 2.94 bits per heavy atom. The molecule has 1 N–H and O–H groups in total. The van der Waals surface area contributed by atoms with Crippen LogP contribution in [-0.2, 0) is 0 Å². The van der Waals surface area contributed by atoms with E-state index in [1.165, 1.54) is 12.3 Å². The molecule has 0 saturated carbocycles. The first kappa shape index (κ1) is 12.7. The lowest BCUT2D eigenvalue weighted by Gasteiger charge is -2.16. The fourth-order valence-corrected chi connectivity index (χ4v) is 1.59. The van der Waals surface area contributed by atoms with E-state index in [2.05, 4.69) is 22.1 Å². The van der Waals surface area contributed by atoms with Gasteiger partial charge >= 0.3 is 0 Å². The number of hydrogen-bond acceptors (Lipinski definition) is 2. The monoisotopic (exact) mass is 220 g/mol. The molecule has 16 heavy (non-hydrogen) atoms. The summed E-state index contributed by atoms with van der Waals surface area (Å²) in [5, 5.41) is 3.31. The summed E-state index contributed by atoms with van der Waals surface area (Å²) in [6.07, 6.45) is 4.61. The molecule has 0 aromatic carbocycles. The van der Waals surface area contributed by atoms with Gasteiger partial charge in [0, 0.05) is 18.7 Å². The van der Waals surface area contributed by atoms with Crippen LogP contribution < -0.4 is 5.32 Å². The Morgan fingerprint density at radius 2 is 2.31 bits per heavy atom. The van der Waals surface area contributed by atoms with E-state index in [1.54, 1.807) is 6.20 Å². The van der Waals surface area contributed by atoms with Crippen molar-refractivity contribution in [1.82, 2.24) is 10.3 Å². The second-order valence-electron chi connectivity index (χ2n) is 3.51. The van der Waals surface area contributed by atoms with E-state index < -0.39 is 0 Å². The van der Waals surface area contributed by atoms with Gasteiger partial charge < -0.3 is 5.32 Å². The first-order valence-electron chi connectivity index (χ1n) is 5.51. The van der Waals surface area contributed by atoms with Crippen LogP contribution in [0.3, 0.4) is 0 Å². The molecule has 1 aromatic heterocycles. The summed E-state index contributed by atoms with van der Waals surface area (Å²) < 4.78 is 13.0. The molecule has 1 rings (SSSR count). The summed E-state index contributed by atoms with van der Waals surface area (Å²) >= 11 is 0. The van der Waals surface area contributed by atoms with Gasteiger partial charge in [-0.05, 0) is 31.5 Å². The van der Waals surface area contributed by atoms with Gasteiger partial charge in [0.15, 0.2) is 0 Å². The zero-order valence-electron chi connectivity index (χ0n) is 9.76. The third-order valence-corrected chi connectivity index (χ3v) is 2.31.